The molecule has 110 valence electrons. The lowest BCUT2D eigenvalue weighted by atomic mass is 10.1. The lowest BCUT2D eigenvalue weighted by molar-refractivity contribution is -0.115. The van der Waals surface area contributed by atoms with Crippen LogP contribution in [0.15, 0.2) is 18.2 Å². The Hall–Kier alpha value is -1.16. The Morgan fingerprint density at radius 3 is 2.85 bits per heavy atom. The smallest absolute Gasteiger partial charge is 0.224 e. The highest BCUT2D eigenvalue weighted by Gasteiger charge is 2.22. The molecule has 1 aromatic rings. The number of carbonyl (C=O) groups excluding carboxylic acids is 1. The van der Waals surface area contributed by atoms with Crippen LogP contribution in [0.1, 0.15) is 38.7 Å². The molecule has 20 heavy (non-hydrogen) atoms. The molecular formula is C16H24N2OS. The molecule has 2 atom stereocenters. The molecule has 2 unspecified atom stereocenters. The Bertz CT molecular complexity index is 476. The van der Waals surface area contributed by atoms with Gasteiger partial charge < -0.3 is 10.6 Å². The fraction of sp³-hybridized carbons (Fsp3) is 0.562. The van der Waals surface area contributed by atoms with E-state index in [-0.39, 0.29) is 5.91 Å². The number of nitrogens with one attached hydrogen (secondary N) is 2. The number of thioether (sulfide) groups is 1. The summed E-state index contributed by atoms with van der Waals surface area (Å²) < 4.78 is 0. The summed E-state index contributed by atoms with van der Waals surface area (Å²) in [6.07, 6.45) is 3.00. The molecule has 0 radical (unpaired) electrons. The van der Waals surface area contributed by atoms with Crippen molar-refractivity contribution in [1.82, 2.24) is 0 Å². The third kappa shape index (κ3) is 3.69. The highest BCUT2D eigenvalue weighted by molar-refractivity contribution is 8.00. The molecule has 1 fully saturated rings. The second-order valence-electron chi connectivity index (χ2n) is 5.35. The van der Waals surface area contributed by atoms with Gasteiger partial charge in [0.1, 0.15) is 0 Å². The van der Waals surface area contributed by atoms with Crippen LogP contribution in [0.5, 0.6) is 0 Å². The van der Waals surface area contributed by atoms with Crippen molar-refractivity contribution in [2.24, 2.45) is 0 Å². The number of hydrogen-bond acceptors (Lipinski definition) is 3. The van der Waals surface area contributed by atoms with Crippen LogP contribution in [0.25, 0.3) is 0 Å². The summed E-state index contributed by atoms with van der Waals surface area (Å²) in [6, 6.07) is 6.58. The molecule has 0 aliphatic carbocycles. The van der Waals surface area contributed by atoms with Crippen molar-refractivity contribution in [1.29, 1.82) is 0 Å². The number of anilines is 2. The SMILES string of the molecule is CCC(=O)Nc1cccc(NC2CCCSC2C)c1C. The molecule has 3 nitrogen and oxygen atoms in total. The molecule has 2 rings (SSSR count). The summed E-state index contributed by atoms with van der Waals surface area (Å²) in [5.41, 5.74) is 3.17. The summed E-state index contributed by atoms with van der Waals surface area (Å²) in [4.78, 5) is 11.6. The van der Waals surface area contributed by atoms with Crippen molar-refractivity contribution in [3.8, 4) is 0 Å². The van der Waals surface area contributed by atoms with Crippen molar-refractivity contribution in [3.05, 3.63) is 23.8 Å². The summed E-state index contributed by atoms with van der Waals surface area (Å²) in [5, 5.41) is 7.26. The zero-order chi connectivity index (χ0) is 14.5. The normalized spacial score (nSPS) is 22.4. The molecule has 1 aliphatic heterocycles. The number of hydrogen-bond donors (Lipinski definition) is 2. The van der Waals surface area contributed by atoms with Crippen molar-refractivity contribution in [2.75, 3.05) is 16.4 Å². The molecule has 0 saturated carbocycles. The largest absolute Gasteiger partial charge is 0.381 e. The Kier molecular flexibility index (Phi) is 5.35. The van der Waals surface area contributed by atoms with E-state index in [1.165, 1.54) is 18.6 Å². The van der Waals surface area contributed by atoms with E-state index >= 15 is 0 Å². The highest BCUT2D eigenvalue weighted by Crippen LogP contribution is 2.30. The van der Waals surface area contributed by atoms with E-state index in [1.54, 1.807) is 0 Å². The minimum atomic E-state index is 0.0619. The quantitative estimate of drug-likeness (QED) is 0.880. The fourth-order valence-electron chi connectivity index (χ4n) is 2.48. The van der Waals surface area contributed by atoms with Gasteiger partial charge in [0.15, 0.2) is 0 Å². The standard InChI is InChI=1S/C16H24N2OS/c1-4-16(19)18-14-8-5-7-13(11(14)2)17-15-9-6-10-20-12(15)3/h5,7-8,12,15,17H,4,6,9-10H2,1-3H3,(H,18,19). The first-order valence-corrected chi connectivity index (χ1v) is 8.44. The van der Waals surface area contributed by atoms with Crippen LogP contribution in [-0.2, 0) is 4.79 Å². The van der Waals surface area contributed by atoms with Gasteiger partial charge in [-0.3, -0.25) is 4.79 Å². The Labute approximate surface area is 125 Å². The average molecular weight is 292 g/mol. The van der Waals surface area contributed by atoms with E-state index in [1.807, 2.05) is 30.8 Å². The number of benzene rings is 1. The second-order valence-corrected chi connectivity index (χ2v) is 6.83. The van der Waals surface area contributed by atoms with Crippen LogP contribution in [0.2, 0.25) is 0 Å². The summed E-state index contributed by atoms with van der Waals surface area (Å²) in [7, 11) is 0. The molecule has 1 heterocycles. The molecule has 1 saturated heterocycles. The van der Waals surface area contributed by atoms with Crippen LogP contribution in [0, 0.1) is 6.92 Å². The van der Waals surface area contributed by atoms with Crippen LogP contribution >= 0.6 is 11.8 Å². The molecule has 0 aromatic heterocycles. The minimum absolute atomic E-state index is 0.0619. The van der Waals surface area contributed by atoms with Gasteiger partial charge in [0.05, 0.1) is 0 Å². The second kappa shape index (κ2) is 7.02. The van der Waals surface area contributed by atoms with E-state index in [4.69, 9.17) is 0 Å². The van der Waals surface area contributed by atoms with Crippen molar-refractivity contribution >= 4 is 29.0 Å². The Morgan fingerprint density at radius 1 is 1.40 bits per heavy atom. The van der Waals surface area contributed by atoms with E-state index in [0.717, 1.165) is 16.9 Å². The monoisotopic (exact) mass is 292 g/mol. The van der Waals surface area contributed by atoms with Crippen molar-refractivity contribution in [3.63, 3.8) is 0 Å². The molecule has 1 aliphatic rings. The van der Waals surface area contributed by atoms with Gasteiger partial charge in [0.2, 0.25) is 5.91 Å². The molecular weight excluding hydrogens is 268 g/mol. The van der Waals surface area contributed by atoms with Gasteiger partial charge in [-0.1, -0.05) is 19.9 Å². The van der Waals surface area contributed by atoms with E-state index in [0.29, 0.717) is 17.7 Å². The first-order valence-electron chi connectivity index (χ1n) is 7.39. The molecule has 2 N–H and O–H groups in total. The van der Waals surface area contributed by atoms with Gasteiger partial charge in [-0.2, -0.15) is 11.8 Å². The first kappa shape index (κ1) is 15.2. The third-order valence-electron chi connectivity index (χ3n) is 3.88. The summed E-state index contributed by atoms with van der Waals surface area (Å²) in [5.74, 6) is 1.33. The van der Waals surface area contributed by atoms with E-state index in [2.05, 4.69) is 30.5 Å². The topological polar surface area (TPSA) is 41.1 Å². The summed E-state index contributed by atoms with van der Waals surface area (Å²) >= 11 is 2.04. The molecule has 1 amide bonds. The highest BCUT2D eigenvalue weighted by atomic mass is 32.2. The first-order chi connectivity index (χ1) is 9.61. The Morgan fingerprint density at radius 2 is 2.15 bits per heavy atom. The predicted octanol–water partition coefficient (Wildman–Crippen LogP) is 4.04. The van der Waals surface area contributed by atoms with Gasteiger partial charge >= 0.3 is 0 Å². The molecule has 1 aromatic carbocycles. The molecule has 0 bridgehead atoms. The summed E-state index contributed by atoms with van der Waals surface area (Å²) in [6.45, 7) is 6.22. The molecule has 0 spiro atoms. The average Bonchev–Trinajstić information content (AvgIpc) is 2.45. The lowest BCUT2D eigenvalue weighted by Crippen LogP contribution is -2.33. The third-order valence-corrected chi connectivity index (χ3v) is 5.26. The van der Waals surface area contributed by atoms with Crippen LogP contribution in [0.4, 0.5) is 11.4 Å². The zero-order valence-corrected chi connectivity index (χ0v) is 13.3. The number of amides is 1. The van der Waals surface area contributed by atoms with Gasteiger partial charge in [-0.25, -0.2) is 0 Å². The Balaban J connectivity index is 2.11. The maximum Gasteiger partial charge on any atom is 0.224 e. The van der Waals surface area contributed by atoms with Crippen LogP contribution in [-0.4, -0.2) is 23.0 Å². The number of rotatable bonds is 4. The van der Waals surface area contributed by atoms with Crippen LogP contribution in [0.3, 0.4) is 0 Å². The zero-order valence-electron chi connectivity index (χ0n) is 12.5. The molecule has 4 heteroatoms. The van der Waals surface area contributed by atoms with Crippen molar-refractivity contribution in [2.45, 2.75) is 51.3 Å². The minimum Gasteiger partial charge on any atom is -0.381 e. The van der Waals surface area contributed by atoms with Crippen molar-refractivity contribution < 1.29 is 4.79 Å². The van der Waals surface area contributed by atoms with Crippen LogP contribution < -0.4 is 10.6 Å². The maximum atomic E-state index is 11.6. The maximum absolute atomic E-state index is 11.6. The van der Waals surface area contributed by atoms with Gasteiger partial charge in [0, 0.05) is 29.1 Å². The van der Waals surface area contributed by atoms with Gasteiger partial charge in [-0.15, -0.1) is 0 Å². The fourth-order valence-corrected chi connectivity index (χ4v) is 3.62. The lowest BCUT2D eigenvalue weighted by Gasteiger charge is -2.30. The van der Waals surface area contributed by atoms with Gasteiger partial charge in [0.25, 0.3) is 0 Å². The number of carbonyl (C=O) groups is 1. The van der Waals surface area contributed by atoms with Gasteiger partial charge in [-0.05, 0) is 43.2 Å². The van der Waals surface area contributed by atoms with E-state index in [9.17, 15) is 4.79 Å². The van der Waals surface area contributed by atoms with E-state index < -0.39 is 0 Å². The predicted molar refractivity (Wildman–Crippen MR) is 88.7 cm³/mol.